The van der Waals surface area contributed by atoms with Crippen molar-refractivity contribution >= 4 is 27.7 Å². The van der Waals surface area contributed by atoms with Crippen molar-refractivity contribution < 1.29 is 9.84 Å². The molecule has 0 amide bonds. The highest BCUT2D eigenvalue weighted by molar-refractivity contribution is 8.15. The number of benzene rings is 3. The first kappa shape index (κ1) is 21.2. The molecule has 2 atom stereocenters. The molecule has 0 fully saturated rings. The number of aryl methyl sites for hydroxylation is 1. The van der Waals surface area contributed by atoms with Crippen LogP contribution in [-0.2, 0) is 11.8 Å². The fourth-order valence-corrected chi connectivity index (χ4v) is 6.72. The average Bonchev–Trinajstić information content (AvgIpc) is 3.25. The number of aliphatic imine (C=N–C) groups is 1. The number of nitrogens with zero attached hydrogens (tertiary/aromatic N) is 2. The van der Waals surface area contributed by atoms with Gasteiger partial charge in [-0.05, 0) is 48.2 Å². The lowest BCUT2D eigenvalue weighted by atomic mass is 9.78. The smallest absolute Gasteiger partial charge is 0.219 e. The molecule has 34 heavy (non-hydrogen) atoms. The van der Waals surface area contributed by atoms with Gasteiger partial charge in [-0.1, -0.05) is 74.1 Å². The van der Waals surface area contributed by atoms with Gasteiger partial charge in [-0.25, -0.2) is 4.98 Å². The highest BCUT2D eigenvalue weighted by Crippen LogP contribution is 2.47. The molecule has 2 heterocycles. The van der Waals surface area contributed by atoms with E-state index in [1.165, 1.54) is 11.1 Å². The van der Waals surface area contributed by atoms with Crippen molar-refractivity contribution in [1.82, 2.24) is 4.98 Å². The van der Waals surface area contributed by atoms with E-state index < -0.39 is 0 Å². The molecule has 6 rings (SSSR count). The third-order valence-electron chi connectivity index (χ3n) is 6.98. The molecule has 0 radical (unpaired) electrons. The molecule has 0 saturated heterocycles. The lowest BCUT2D eigenvalue weighted by molar-refractivity contribution is 0.449. The van der Waals surface area contributed by atoms with E-state index in [1.54, 1.807) is 6.07 Å². The molecule has 1 aliphatic heterocycles. The Balaban J connectivity index is 1.27. The van der Waals surface area contributed by atoms with E-state index in [4.69, 9.17) is 9.73 Å². The summed E-state index contributed by atoms with van der Waals surface area (Å²) >= 11 is 1.90. The van der Waals surface area contributed by atoms with E-state index in [9.17, 15) is 5.11 Å². The van der Waals surface area contributed by atoms with Crippen LogP contribution in [0.25, 0.3) is 10.9 Å². The largest absolute Gasteiger partial charge is 0.506 e. The van der Waals surface area contributed by atoms with E-state index >= 15 is 0 Å². The number of aromatic nitrogens is 1. The molecule has 3 aromatic carbocycles. The number of hydrogen-bond donors (Lipinski definition) is 1. The summed E-state index contributed by atoms with van der Waals surface area (Å²) in [5.74, 6) is 1.31. The van der Waals surface area contributed by atoms with Gasteiger partial charge in [0.1, 0.15) is 17.0 Å². The van der Waals surface area contributed by atoms with E-state index in [0.29, 0.717) is 28.4 Å². The second-order valence-electron chi connectivity index (χ2n) is 9.59. The fourth-order valence-electron chi connectivity index (χ4n) is 5.24. The molecule has 4 aromatic rings. The van der Waals surface area contributed by atoms with Crippen LogP contribution in [0.2, 0.25) is 0 Å². The number of phenolic OH excluding ortho intramolecular Hbond substituents is 1. The Labute approximate surface area is 203 Å². The number of rotatable bonds is 3. The highest BCUT2D eigenvalue weighted by Gasteiger charge is 2.44. The molecule has 1 aliphatic carbocycles. The third-order valence-corrected chi connectivity index (χ3v) is 8.70. The number of phenols is 1. The van der Waals surface area contributed by atoms with Crippen molar-refractivity contribution in [2.75, 3.05) is 0 Å². The van der Waals surface area contributed by atoms with Crippen LogP contribution >= 0.6 is 11.8 Å². The maximum absolute atomic E-state index is 10.1. The van der Waals surface area contributed by atoms with Gasteiger partial charge in [0.25, 0.3) is 0 Å². The van der Waals surface area contributed by atoms with Crippen LogP contribution in [0.3, 0.4) is 0 Å². The molecule has 4 nitrogen and oxygen atoms in total. The van der Waals surface area contributed by atoms with E-state index in [1.807, 2.05) is 54.2 Å². The molecule has 170 valence electrons. The Kier molecular flexibility index (Phi) is 5.10. The predicted molar refractivity (Wildman–Crippen MR) is 139 cm³/mol. The van der Waals surface area contributed by atoms with Crippen molar-refractivity contribution in [3.8, 4) is 17.4 Å². The molecule has 0 saturated carbocycles. The average molecular weight is 467 g/mol. The lowest BCUT2D eigenvalue weighted by Crippen LogP contribution is -2.36. The van der Waals surface area contributed by atoms with Gasteiger partial charge in [0.05, 0.1) is 11.1 Å². The summed E-state index contributed by atoms with van der Waals surface area (Å²) in [6.45, 7) is 4.72. The van der Waals surface area contributed by atoms with Gasteiger partial charge in [-0.3, -0.25) is 4.99 Å². The predicted octanol–water partition coefficient (Wildman–Crippen LogP) is 6.89. The molecule has 1 aromatic heterocycles. The molecule has 2 aliphatic rings. The van der Waals surface area contributed by atoms with Gasteiger partial charge in [-0.2, -0.15) is 0 Å². The van der Waals surface area contributed by atoms with Gasteiger partial charge >= 0.3 is 0 Å². The number of hydrogen-bond acceptors (Lipinski definition) is 5. The van der Waals surface area contributed by atoms with Gasteiger partial charge < -0.3 is 9.84 Å². The quantitative estimate of drug-likeness (QED) is 0.357. The Morgan fingerprint density at radius 2 is 1.82 bits per heavy atom. The maximum atomic E-state index is 10.1. The topological polar surface area (TPSA) is 54.7 Å². The summed E-state index contributed by atoms with van der Waals surface area (Å²) < 4.78 is 6.08. The summed E-state index contributed by atoms with van der Waals surface area (Å²) in [7, 11) is 0. The molecule has 0 bridgehead atoms. The first-order chi connectivity index (χ1) is 16.5. The van der Waals surface area contributed by atoms with Gasteiger partial charge in [0.15, 0.2) is 0 Å². The second kappa shape index (κ2) is 8.17. The fraction of sp³-hybridized carbons (Fsp3) is 0.241. The van der Waals surface area contributed by atoms with Crippen LogP contribution in [-0.4, -0.2) is 26.4 Å². The van der Waals surface area contributed by atoms with Crippen molar-refractivity contribution in [3.63, 3.8) is 0 Å². The normalized spacial score (nSPS) is 20.8. The summed E-state index contributed by atoms with van der Waals surface area (Å²) in [5, 5.41) is 12.5. The van der Waals surface area contributed by atoms with E-state index in [0.717, 1.165) is 28.8 Å². The zero-order chi connectivity index (χ0) is 23.3. The zero-order valence-corrected chi connectivity index (χ0v) is 20.0. The minimum Gasteiger partial charge on any atom is -0.506 e. The molecular weight excluding hydrogens is 440 g/mol. The van der Waals surface area contributed by atoms with Crippen LogP contribution in [0.4, 0.5) is 0 Å². The minimum atomic E-state index is 0.0405. The zero-order valence-electron chi connectivity index (χ0n) is 19.2. The summed E-state index contributed by atoms with van der Waals surface area (Å²) in [6, 6.07) is 26.3. The molecule has 1 N–H and O–H groups in total. The van der Waals surface area contributed by atoms with Crippen molar-refractivity contribution in [1.29, 1.82) is 0 Å². The SMILES string of the molecule is CC1(C)c2ccccc2CC[C@@H]2N=C(c3cccc(Oc4ccc5cccc(O)c5n4)c3)S[C@@H]21. The van der Waals surface area contributed by atoms with Crippen LogP contribution in [0, 0.1) is 0 Å². The van der Waals surface area contributed by atoms with Crippen molar-refractivity contribution in [2.45, 2.75) is 43.4 Å². The lowest BCUT2D eigenvalue weighted by Gasteiger charge is -2.33. The minimum absolute atomic E-state index is 0.0405. The molecule has 0 unspecified atom stereocenters. The number of thioether (sulfide) groups is 1. The summed E-state index contributed by atoms with van der Waals surface area (Å²) in [6.07, 6.45) is 2.14. The van der Waals surface area contributed by atoms with E-state index in [-0.39, 0.29) is 11.2 Å². The van der Waals surface area contributed by atoms with Gasteiger partial charge in [-0.15, -0.1) is 0 Å². The summed E-state index contributed by atoms with van der Waals surface area (Å²) in [5.41, 5.74) is 4.56. The molecule has 0 spiro atoms. The van der Waals surface area contributed by atoms with Crippen LogP contribution in [0.1, 0.15) is 37.0 Å². The van der Waals surface area contributed by atoms with Gasteiger partial charge in [0.2, 0.25) is 5.88 Å². The van der Waals surface area contributed by atoms with Crippen molar-refractivity contribution in [2.24, 2.45) is 4.99 Å². The summed E-state index contributed by atoms with van der Waals surface area (Å²) in [4.78, 5) is 9.69. The molecule has 5 heteroatoms. The second-order valence-corrected chi connectivity index (χ2v) is 10.7. The monoisotopic (exact) mass is 466 g/mol. The van der Waals surface area contributed by atoms with Crippen LogP contribution in [0.15, 0.2) is 83.9 Å². The number of aromatic hydroxyl groups is 1. The first-order valence-corrected chi connectivity index (χ1v) is 12.6. The number of para-hydroxylation sites is 1. The number of fused-ring (bicyclic) bond motifs is 3. The van der Waals surface area contributed by atoms with Crippen LogP contribution in [0.5, 0.6) is 17.4 Å². The van der Waals surface area contributed by atoms with E-state index in [2.05, 4.69) is 49.2 Å². The maximum Gasteiger partial charge on any atom is 0.219 e. The Hall–Kier alpha value is -3.31. The Bertz CT molecular complexity index is 1430. The first-order valence-electron chi connectivity index (χ1n) is 11.7. The Morgan fingerprint density at radius 1 is 0.971 bits per heavy atom. The number of ether oxygens (including phenoxy) is 1. The highest BCUT2D eigenvalue weighted by atomic mass is 32.2. The third kappa shape index (κ3) is 3.64. The standard InChI is InChI=1S/C29H26N2O2S/c1-29(2)22-11-4-3-7-18(22)13-15-23-27(29)34-28(30-23)20-9-5-10-21(17-20)33-25-16-14-19-8-6-12-24(32)26(19)31-25/h3-12,14,16-17,23,27,32H,13,15H2,1-2H3/t23-,27-/m0/s1. The van der Waals surface area contributed by atoms with Gasteiger partial charge in [0, 0.05) is 27.7 Å². The number of pyridine rings is 1. The Morgan fingerprint density at radius 3 is 2.74 bits per heavy atom. The molecular formula is C29H26N2O2S. The van der Waals surface area contributed by atoms with Crippen LogP contribution < -0.4 is 4.74 Å². The van der Waals surface area contributed by atoms with Crippen molar-refractivity contribution in [3.05, 3.63) is 95.6 Å².